The maximum Gasteiger partial charge on any atom is 0.165 e. The van der Waals surface area contributed by atoms with Gasteiger partial charge in [-0.15, -0.1) is 0 Å². The molecule has 2 rings (SSSR count). The molecule has 2 nitrogen and oxygen atoms in total. The van der Waals surface area contributed by atoms with Crippen LogP contribution in [0.3, 0.4) is 0 Å². The topological polar surface area (TPSA) is 18.5 Å². The van der Waals surface area contributed by atoms with E-state index in [4.69, 9.17) is 79.1 Å². The van der Waals surface area contributed by atoms with Crippen molar-refractivity contribution >= 4 is 69.6 Å². The molecule has 0 amide bonds. The van der Waals surface area contributed by atoms with Crippen molar-refractivity contribution in [2.45, 2.75) is 6.42 Å². The molecule has 0 radical (unpaired) electrons. The van der Waals surface area contributed by atoms with E-state index in [9.17, 15) is 0 Å². The standard InChI is InChI=1S/C19H10Cl6O2/c1-3-5-26-18-14(22)8-12(20)10(16(18)24)7-11-13(21)9-15(23)19(17(11)25)27-6-4-2/h5-6,8-9H,1-2,7H2. The smallest absolute Gasteiger partial charge is 0.165 e. The number of halogens is 6. The molecular formula is C19H10Cl6O2. The Balaban J connectivity index is 2.60. The molecule has 2 aromatic carbocycles. The monoisotopic (exact) mass is 480 g/mol. The van der Waals surface area contributed by atoms with Gasteiger partial charge in [-0.1, -0.05) is 94.2 Å². The van der Waals surface area contributed by atoms with Crippen molar-refractivity contribution in [3.8, 4) is 11.5 Å². The highest BCUT2D eigenvalue weighted by molar-refractivity contribution is 6.42. The molecule has 140 valence electrons. The van der Waals surface area contributed by atoms with Crippen molar-refractivity contribution in [2.24, 2.45) is 0 Å². The first-order chi connectivity index (χ1) is 12.8. The molecule has 8 heteroatoms. The maximum absolute atomic E-state index is 6.43. The molecule has 0 aliphatic carbocycles. The van der Waals surface area contributed by atoms with E-state index >= 15 is 0 Å². The zero-order chi connectivity index (χ0) is 20.1. The average Bonchev–Trinajstić information content (AvgIpc) is 2.60. The Hall–Kier alpha value is -1.18. The third kappa shape index (κ3) is 5.00. The van der Waals surface area contributed by atoms with E-state index in [1.165, 1.54) is 24.7 Å². The third-order valence-electron chi connectivity index (χ3n) is 3.32. The van der Waals surface area contributed by atoms with Gasteiger partial charge in [0.15, 0.2) is 11.5 Å². The fourth-order valence-corrected chi connectivity index (χ4v) is 4.11. The second-order valence-corrected chi connectivity index (χ2v) is 7.36. The second kappa shape index (κ2) is 9.85. The first-order valence-corrected chi connectivity index (χ1v) is 9.43. The normalized spacial score (nSPS) is 10.0. The molecule has 0 saturated heterocycles. The summed E-state index contributed by atoms with van der Waals surface area (Å²) < 4.78 is 10.7. The van der Waals surface area contributed by atoms with Crippen molar-refractivity contribution < 1.29 is 9.47 Å². The van der Waals surface area contributed by atoms with Crippen LogP contribution in [0.4, 0.5) is 0 Å². The summed E-state index contributed by atoms with van der Waals surface area (Å²) in [4.78, 5) is 0. The first kappa shape index (κ1) is 22.1. The summed E-state index contributed by atoms with van der Waals surface area (Å²) in [6.45, 7) is 6.83. The van der Waals surface area contributed by atoms with Gasteiger partial charge in [0.1, 0.15) is 12.5 Å². The van der Waals surface area contributed by atoms with Gasteiger partial charge in [-0.2, -0.15) is 0 Å². The Morgan fingerprint density at radius 2 is 1.07 bits per heavy atom. The Morgan fingerprint density at radius 3 is 1.41 bits per heavy atom. The molecule has 0 N–H and O–H groups in total. The van der Waals surface area contributed by atoms with Crippen LogP contribution < -0.4 is 9.47 Å². The minimum Gasteiger partial charge on any atom is -0.454 e. The summed E-state index contributed by atoms with van der Waals surface area (Å²) in [5, 5.41) is 1.50. The minimum absolute atomic E-state index is 0.173. The lowest BCUT2D eigenvalue weighted by Gasteiger charge is -2.16. The van der Waals surface area contributed by atoms with E-state index < -0.39 is 0 Å². The lowest BCUT2D eigenvalue weighted by Crippen LogP contribution is -1.98. The molecule has 0 aliphatic heterocycles. The first-order valence-electron chi connectivity index (χ1n) is 7.16. The van der Waals surface area contributed by atoms with Gasteiger partial charge in [0.05, 0.1) is 20.1 Å². The van der Waals surface area contributed by atoms with Crippen LogP contribution in [0.25, 0.3) is 0 Å². The summed E-state index contributed by atoms with van der Waals surface area (Å²) in [7, 11) is 0. The summed E-state index contributed by atoms with van der Waals surface area (Å²) in [5.74, 6) is 0.419. The van der Waals surface area contributed by atoms with Gasteiger partial charge in [-0.3, -0.25) is 0 Å². The van der Waals surface area contributed by atoms with E-state index in [2.05, 4.69) is 24.6 Å². The largest absolute Gasteiger partial charge is 0.454 e. The number of benzene rings is 2. The summed E-state index contributed by atoms with van der Waals surface area (Å²) >= 11 is 37.8. The molecule has 2 aromatic rings. The lowest BCUT2D eigenvalue weighted by molar-refractivity contribution is 0.482. The highest BCUT2D eigenvalue weighted by Crippen LogP contribution is 2.45. The van der Waals surface area contributed by atoms with E-state index in [1.807, 2.05) is 0 Å². The number of hydrogen-bond acceptors (Lipinski definition) is 2. The van der Waals surface area contributed by atoms with Crippen LogP contribution in [-0.2, 0) is 6.42 Å². The van der Waals surface area contributed by atoms with Crippen molar-refractivity contribution in [1.29, 1.82) is 0 Å². The maximum atomic E-state index is 6.43. The Morgan fingerprint density at radius 1 is 0.704 bits per heavy atom. The van der Waals surface area contributed by atoms with E-state index in [1.54, 1.807) is 0 Å². The van der Waals surface area contributed by atoms with Crippen LogP contribution in [-0.4, -0.2) is 0 Å². The van der Waals surface area contributed by atoms with Gasteiger partial charge in [-0.25, -0.2) is 0 Å². The number of ether oxygens (including phenoxy) is 2. The Bertz CT molecular complexity index is 907. The van der Waals surface area contributed by atoms with Gasteiger partial charge in [0, 0.05) is 16.5 Å². The highest BCUT2D eigenvalue weighted by atomic mass is 35.5. The SMILES string of the molecule is C=C=COc1c(Cl)cc(Cl)c(Cc2c(Cl)cc(Cl)c(OC=C=C)c2Cl)c1Cl. The van der Waals surface area contributed by atoms with Gasteiger partial charge in [0.25, 0.3) is 0 Å². The van der Waals surface area contributed by atoms with Crippen molar-refractivity contribution in [3.63, 3.8) is 0 Å². The average molecular weight is 483 g/mol. The molecule has 0 aliphatic rings. The zero-order valence-electron chi connectivity index (χ0n) is 13.5. The second-order valence-electron chi connectivity index (χ2n) is 4.98. The van der Waals surface area contributed by atoms with Crippen LogP contribution in [0, 0.1) is 0 Å². The molecule has 0 aromatic heterocycles. The molecule has 0 unspecified atom stereocenters. The predicted octanol–water partition coefficient (Wildman–Crippen LogP) is 8.55. The summed E-state index contributed by atoms with van der Waals surface area (Å²) in [6.07, 6.45) is 2.62. The van der Waals surface area contributed by atoms with Crippen LogP contribution >= 0.6 is 69.6 Å². The fraction of sp³-hybridized carbons (Fsp3) is 0.0526. The predicted molar refractivity (Wildman–Crippen MR) is 114 cm³/mol. The quantitative estimate of drug-likeness (QED) is 0.303. The molecule has 0 saturated carbocycles. The molecule has 0 atom stereocenters. The fourth-order valence-electron chi connectivity index (χ4n) is 2.14. The molecular weight excluding hydrogens is 473 g/mol. The number of hydrogen-bond donors (Lipinski definition) is 0. The van der Waals surface area contributed by atoms with Gasteiger partial charge in [0.2, 0.25) is 0 Å². The Kier molecular flexibility index (Phi) is 8.06. The van der Waals surface area contributed by atoms with Crippen molar-refractivity contribution in [2.75, 3.05) is 0 Å². The Labute approximate surface area is 186 Å². The van der Waals surface area contributed by atoms with Crippen molar-refractivity contribution in [3.05, 3.63) is 90.5 Å². The summed E-state index contributed by atoms with van der Waals surface area (Å²) in [6, 6.07) is 3.01. The van der Waals surface area contributed by atoms with Crippen LogP contribution in [0.1, 0.15) is 11.1 Å². The van der Waals surface area contributed by atoms with E-state index in [0.717, 1.165) is 0 Å². The molecule has 0 bridgehead atoms. The lowest BCUT2D eigenvalue weighted by atomic mass is 10.0. The molecule has 0 heterocycles. The van der Waals surface area contributed by atoms with E-state index in [-0.39, 0.29) is 38.0 Å². The summed E-state index contributed by atoms with van der Waals surface area (Å²) in [5.41, 5.74) is 5.95. The molecule has 27 heavy (non-hydrogen) atoms. The molecule has 0 spiro atoms. The molecule has 0 fully saturated rings. The van der Waals surface area contributed by atoms with Crippen LogP contribution in [0.15, 0.2) is 49.3 Å². The van der Waals surface area contributed by atoms with Crippen LogP contribution in [0.2, 0.25) is 30.1 Å². The van der Waals surface area contributed by atoms with E-state index in [0.29, 0.717) is 21.2 Å². The zero-order valence-corrected chi connectivity index (χ0v) is 18.1. The van der Waals surface area contributed by atoms with Gasteiger partial charge < -0.3 is 9.47 Å². The van der Waals surface area contributed by atoms with Crippen molar-refractivity contribution in [1.82, 2.24) is 0 Å². The van der Waals surface area contributed by atoms with Gasteiger partial charge >= 0.3 is 0 Å². The van der Waals surface area contributed by atoms with Crippen LogP contribution in [0.5, 0.6) is 11.5 Å². The number of rotatable bonds is 6. The highest BCUT2D eigenvalue weighted by Gasteiger charge is 2.21. The minimum atomic E-state index is 0.173. The third-order valence-corrected chi connectivity index (χ3v) is 5.36. The van der Waals surface area contributed by atoms with Gasteiger partial charge in [-0.05, 0) is 23.3 Å².